The van der Waals surface area contributed by atoms with Gasteiger partial charge in [0.05, 0.1) is 24.7 Å². The van der Waals surface area contributed by atoms with Crippen molar-refractivity contribution in [1.82, 2.24) is 4.72 Å². The average Bonchev–Trinajstić information content (AvgIpc) is 2.59. The van der Waals surface area contributed by atoms with Crippen LogP contribution in [0.5, 0.6) is 5.75 Å². The van der Waals surface area contributed by atoms with Gasteiger partial charge in [0.25, 0.3) is 0 Å². The van der Waals surface area contributed by atoms with Crippen LogP contribution in [0.4, 0.5) is 0 Å². The first-order valence-corrected chi connectivity index (χ1v) is 9.26. The third-order valence-electron chi connectivity index (χ3n) is 3.87. The first kappa shape index (κ1) is 18.7. The van der Waals surface area contributed by atoms with Crippen LogP contribution in [0, 0.1) is 0 Å². The van der Waals surface area contributed by atoms with Gasteiger partial charge in [-0.2, -0.15) is 0 Å². The molecule has 2 rings (SSSR count). The molecule has 0 aromatic heterocycles. The van der Waals surface area contributed by atoms with Crippen LogP contribution in [0.2, 0.25) is 5.02 Å². The summed E-state index contributed by atoms with van der Waals surface area (Å²) in [7, 11) is -2.17. The molecular formula is C17H20ClNO4S. The van der Waals surface area contributed by atoms with Crippen LogP contribution in [0.1, 0.15) is 18.4 Å². The average molecular weight is 370 g/mol. The summed E-state index contributed by atoms with van der Waals surface area (Å²) in [5.74, 6) is 0.497. The fraction of sp³-hybridized carbons (Fsp3) is 0.294. The van der Waals surface area contributed by atoms with Gasteiger partial charge in [0.2, 0.25) is 10.0 Å². The van der Waals surface area contributed by atoms with E-state index in [2.05, 4.69) is 4.72 Å². The second-order valence-corrected chi connectivity index (χ2v) is 7.58. The predicted molar refractivity (Wildman–Crippen MR) is 94.1 cm³/mol. The van der Waals surface area contributed by atoms with Crippen LogP contribution < -0.4 is 9.46 Å². The topological polar surface area (TPSA) is 75.6 Å². The molecule has 0 amide bonds. The number of hydrogen-bond donors (Lipinski definition) is 2. The fourth-order valence-corrected chi connectivity index (χ4v) is 3.75. The highest BCUT2D eigenvalue weighted by molar-refractivity contribution is 7.89. The number of hydrogen-bond acceptors (Lipinski definition) is 4. The van der Waals surface area contributed by atoms with E-state index in [0.29, 0.717) is 10.8 Å². The van der Waals surface area contributed by atoms with Crippen molar-refractivity contribution in [3.8, 4) is 5.75 Å². The molecular weight excluding hydrogens is 350 g/mol. The van der Waals surface area contributed by atoms with Crippen molar-refractivity contribution in [2.75, 3.05) is 13.7 Å². The normalized spacial score (nSPS) is 14.2. The molecule has 0 spiro atoms. The number of ether oxygens (including phenoxy) is 1. The highest BCUT2D eigenvalue weighted by Gasteiger charge is 2.25. The summed E-state index contributed by atoms with van der Waals surface area (Å²) in [6.45, 7) is 1.53. The fourth-order valence-electron chi connectivity index (χ4n) is 2.32. The van der Waals surface area contributed by atoms with E-state index in [4.69, 9.17) is 16.3 Å². The second kappa shape index (κ2) is 7.98. The van der Waals surface area contributed by atoms with Gasteiger partial charge < -0.3 is 9.84 Å². The summed E-state index contributed by atoms with van der Waals surface area (Å²) in [5, 5.41) is 10.1. The van der Waals surface area contributed by atoms with E-state index < -0.39 is 16.1 Å². The first-order chi connectivity index (χ1) is 11.4. The van der Waals surface area contributed by atoms with Crippen molar-refractivity contribution in [3.05, 3.63) is 59.1 Å². The van der Waals surface area contributed by atoms with E-state index in [1.807, 2.05) is 19.1 Å². The standard InChI is InChI=1S/C17H20ClNO4S/c1-12(13-3-7-15(23-2)8-4-13)17(11-20)19-24(21,22)16-9-5-14(18)6-10-16/h3-10,12,17,19-20H,11H2,1-2H3/t12-,17+/m0/s1. The largest absolute Gasteiger partial charge is 0.497 e. The van der Waals surface area contributed by atoms with Crippen LogP contribution in [0.25, 0.3) is 0 Å². The Kier molecular flexibility index (Phi) is 6.23. The van der Waals surface area contributed by atoms with Gasteiger partial charge in [-0.15, -0.1) is 0 Å². The lowest BCUT2D eigenvalue weighted by molar-refractivity contribution is 0.242. The maximum atomic E-state index is 12.5. The Morgan fingerprint density at radius 1 is 1.12 bits per heavy atom. The third kappa shape index (κ3) is 4.48. The lowest BCUT2D eigenvalue weighted by atomic mass is 9.94. The molecule has 0 radical (unpaired) electrons. The molecule has 0 fully saturated rings. The van der Waals surface area contributed by atoms with Crippen LogP contribution in [0.15, 0.2) is 53.4 Å². The van der Waals surface area contributed by atoms with Crippen molar-refractivity contribution in [3.63, 3.8) is 0 Å². The Balaban J connectivity index is 2.19. The van der Waals surface area contributed by atoms with Crippen molar-refractivity contribution in [1.29, 1.82) is 0 Å². The van der Waals surface area contributed by atoms with Crippen LogP contribution in [0.3, 0.4) is 0 Å². The van der Waals surface area contributed by atoms with Gasteiger partial charge in [-0.1, -0.05) is 30.7 Å². The SMILES string of the molecule is COc1ccc([C@H](C)[C@@H](CO)NS(=O)(=O)c2ccc(Cl)cc2)cc1. The van der Waals surface area contributed by atoms with Gasteiger partial charge in [-0.05, 0) is 47.9 Å². The molecule has 0 saturated heterocycles. The Morgan fingerprint density at radius 3 is 2.21 bits per heavy atom. The van der Waals surface area contributed by atoms with Gasteiger partial charge in [0, 0.05) is 5.02 Å². The summed E-state index contributed by atoms with van der Waals surface area (Å²) in [4.78, 5) is 0.104. The number of aliphatic hydroxyl groups is 1. The molecule has 2 aromatic carbocycles. The molecule has 0 heterocycles. The van der Waals surface area contributed by atoms with E-state index in [1.54, 1.807) is 19.2 Å². The monoisotopic (exact) mass is 369 g/mol. The molecule has 130 valence electrons. The highest BCUT2D eigenvalue weighted by Crippen LogP contribution is 2.23. The molecule has 0 aliphatic carbocycles. The smallest absolute Gasteiger partial charge is 0.240 e. The number of nitrogens with one attached hydrogen (secondary N) is 1. The van der Waals surface area contributed by atoms with Gasteiger partial charge in [0.15, 0.2) is 0 Å². The molecule has 0 unspecified atom stereocenters. The van der Waals surface area contributed by atoms with E-state index >= 15 is 0 Å². The summed E-state index contributed by atoms with van der Waals surface area (Å²) in [5.41, 5.74) is 0.897. The van der Waals surface area contributed by atoms with Crippen molar-refractivity contribution in [2.45, 2.75) is 23.8 Å². The zero-order chi connectivity index (χ0) is 17.7. The van der Waals surface area contributed by atoms with Crippen LogP contribution >= 0.6 is 11.6 Å². The number of aliphatic hydroxyl groups excluding tert-OH is 1. The van der Waals surface area contributed by atoms with Gasteiger partial charge in [-0.3, -0.25) is 0 Å². The molecule has 0 aliphatic rings. The number of rotatable bonds is 7. The second-order valence-electron chi connectivity index (χ2n) is 5.43. The number of halogens is 1. The Morgan fingerprint density at radius 2 is 1.71 bits per heavy atom. The van der Waals surface area contributed by atoms with E-state index in [-0.39, 0.29) is 17.4 Å². The Bertz CT molecular complexity index is 760. The van der Waals surface area contributed by atoms with Gasteiger partial charge in [-0.25, -0.2) is 13.1 Å². The molecule has 2 N–H and O–H groups in total. The lowest BCUT2D eigenvalue weighted by Gasteiger charge is -2.23. The molecule has 0 aliphatic heterocycles. The van der Waals surface area contributed by atoms with Crippen molar-refractivity contribution in [2.24, 2.45) is 0 Å². The summed E-state index contributed by atoms with van der Waals surface area (Å²) in [6, 6.07) is 12.5. The van der Waals surface area contributed by atoms with Gasteiger partial charge in [0.1, 0.15) is 5.75 Å². The van der Waals surface area contributed by atoms with Crippen LogP contribution in [-0.4, -0.2) is 33.3 Å². The minimum Gasteiger partial charge on any atom is -0.497 e. The van der Waals surface area contributed by atoms with E-state index in [1.165, 1.54) is 24.3 Å². The highest BCUT2D eigenvalue weighted by atomic mass is 35.5. The van der Waals surface area contributed by atoms with Gasteiger partial charge >= 0.3 is 0 Å². The molecule has 2 aromatic rings. The number of methoxy groups -OCH3 is 1. The minimum atomic E-state index is -3.75. The Hall–Kier alpha value is -1.60. The predicted octanol–water partition coefficient (Wildman–Crippen LogP) is 2.79. The first-order valence-electron chi connectivity index (χ1n) is 7.40. The quantitative estimate of drug-likeness (QED) is 0.786. The zero-order valence-electron chi connectivity index (χ0n) is 13.4. The molecule has 0 saturated carbocycles. The third-order valence-corrected chi connectivity index (χ3v) is 5.63. The summed E-state index contributed by atoms with van der Waals surface area (Å²) >= 11 is 5.78. The maximum absolute atomic E-state index is 12.5. The lowest BCUT2D eigenvalue weighted by Crippen LogP contribution is -2.41. The van der Waals surface area contributed by atoms with Crippen LogP contribution in [-0.2, 0) is 10.0 Å². The zero-order valence-corrected chi connectivity index (χ0v) is 15.0. The molecule has 24 heavy (non-hydrogen) atoms. The maximum Gasteiger partial charge on any atom is 0.240 e. The molecule has 7 heteroatoms. The summed E-state index contributed by atoms with van der Waals surface area (Å²) < 4.78 is 32.6. The van der Waals surface area contributed by atoms with E-state index in [9.17, 15) is 13.5 Å². The van der Waals surface area contributed by atoms with Crippen molar-refractivity contribution >= 4 is 21.6 Å². The minimum absolute atomic E-state index is 0.104. The Labute approximate surface area is 147 Å². The van der Waals surface area contributed by atoms with E-state index in [0.717, 1.165) is 5.56 Å². The molecule has 5 nitrogen and oxygen atoms in total. The summed E-state index contributed by atoms with van der Waals surface area (Å²) in [6.07, 6.45) is 0. The molecule has 0 bridgehead atoms. The van der Waals surface area contributed by atoms with Crippen molar-refractivity contribution < 1.29 is 18.3 Å². The number of benzene rings is 2. The number of sulfonamides is 1. The molecule has 2 atom stereocenters.